The number of ether oxygens (including phenoxy) is 1. The second-order valence-corrected chi connectivity index (χ2v) is 5.85. The Morgan fingerprint density at radius 1 is 1.17 bits per heavy atom. The van der Waals surface area contributed by atoms with E-state index in [9.17, 15) is 13.6 Å². The lowest BCUT2D eigenvalue weighted by molar-refractivity contribution is 0.0788. The van der Waals surface area contributed by atoms with Gasteiger partial charge in [-0.1, -0.05) is 6.92 Å². The number of halogens is 2. The predicted octanol–water partition coefficient (Wildman–Crippen LogP) is 4.24. The van der Waals surface area contributed by atoms with E-state index >= 15 is 0 Å². The standard InChI is InChI=1S/C18H17F2NO2/c1-12-8-9-21(11-12)18(22)13-2-5-15(6-3-13)23-17-7-4-14(19)10-16(17)20/h2-7,10,12H,8-9,11H2,1H3. The lowest BCUT2D eigenvalue weighted by Crippen LogP contribution is -2.28. The fourth-order valence-corrected chi connectivity index (χ4v) is 2.65. The third-order valence-corrected chi connectivity index (χ3v) is 3.93. The smallest absolute Gasteiger partial charge is 0.253 e. The molecular weight excluding hydrogens is 300 g/mol. The number of nitrogens with zero attached hydrogens (tertiary/aromatic N) is 1. The van der Waals surface area contributed by atoms with Crippen molar-refractivity contribution in [2.24, 2.45) is 5.92 Å². The van der Waals surface area contributed by atoms with E-state index in [1.54, 1.807) is 24.3 Å². The summed E-state index contributed by atoms with van der Waals surface area (Å²) in [5.74, 6) is -0.565. The van der Waals surface area contributed by atoms with E-state index in [0.29, 0.717) is 17.2 Å². The number of benzene rings is 2. The summed E-state index contributed by atoms with van der Waals surface area (Å²) >= 11 is 0. The highest BCUT2D eigenvalue weighted by molar-refractivity contribution is 5.94. The molecule has 5 heteroatoms. The second kappa shape index (κ2) is 6.36. The molecule has 2 aromatic rings. The highest BCUT2D eigenvalue weighted by Gasteiger charge is 2.24. The first-order valence-electron chi connectivity index (χ1n) is 7.55. The molecule has 0 spiro atoms. The van der Waals surface area contributed by atoms with Gasteiger partial charge in [-0.25, -0.2) is 8.78 Å². The van der Waals surface area contributed by atoms with Gasteiger partial charge >= 0.3 is 0 Å². The Bertz CT molecular complexity index is 715. The van der Waals surface area contributed by atoms with Crippen LogP contribution in [0.2, 0.25) is 0 Å². The van der Waals surface area contributed by atoms with Gasteiger partial charge in [-0.3, -0.25) is 4.79 Å². The highest BCUT2D eigenvalue weighted by atomic mass is 19.1. The molecule has 0 N–H and O–H groups in total. The minimum absolute atomic E-state index is 0.00568. The van der Waals surface area contributed by atoms with Gasteiger partial charge in [-0.05, 0) is 48.7 Å². The fourth-order valence-electron chi connectivity index (χ4n) is 2.65. The van der Waals surface area contributed by atoms with Crippen molar-refractivity contribution < 1.29 is 18.3 Å². The first-order valence-corrected chi connectivity index (χ1v) is 7.55. The average molecular weight is 317 g/mol. The van der Waals surface area contributed by atoms with Gasteiger partial charge in [0.15, 0.2) is 11.6 Å². The molecule has 1 heterocycles. The molecule has 1 aliphatic heterocycles. The quantitative estimate of drug-likeness (QED) is 0.847. The summed E-state index contributed by atoms with van der Waals surface area (Å²) in [5.41, 5.74) is 0.575. The maximum Gasteiger partial charge on any atom is 0.253 e. The number of amides is 1. The van der Waals surface area contributed by atoms with Crippen LogP contribution in [0.25, 0.3) is 0 Å². The summed E-state index contributed by atoms with van der Waals surface area (Å²) in [4.78, 5) is 14.2. The van der Waals surface area contributed by atoms with Gasteiger partial charge in [0.1, 0.15) is 11.6 Å². The molecule has 1 amide bonds. The summed E-state index contributed by atoms with van der Waals surface area (Å²) in [6.07, 6.45) is 1.02. The SMILES string of the molecule is CC1CCN(C(=O)c2ccc(Oc3ccc(F)cc3F)cc2)C1. The lowest BCUT2D eigenvalue weighted by Gasteiger charge is -2.16. The molecule has 1 unspecified atom stereocenters. The molecule has 0 aromatic heterocycles. The number of carbonyl (C=O) groups excluding carboxylic acids is 1. The molecule has 3 rings (SSSR count). The van der Waals surface area contributed by atoms with Gasteiger partial charge in [0.25, 0.3) is 5.91 Å². The van der Waals surface area contributed by atoms with E-state index in [1.807, 2.05) is 4.90 Å². The summed E-state index contributed by atoms with van der Waals surface area (Å²) in [6, 6.07) is 9.65. The van der Waals surface area contributed by atoms with E-state index in [4.69, 9.17) is 4.74 Å². The Balaban J connectivity index is 1.70. The third-order valence-electron chi connectivity index (χ3n) is 3.93. The minimum atomic E-state index is -0.767. The number of rotatable bonds is 3. The zero-order valence-corrected chi connectivity index (χ0v) is 12.8. The van der Waals surface area contributed by atoms with Crippen molar-refractivity contribution in [3.8, 4) is 11.5 Å². The summed E-state index contributed by atoms with van der Waals surface area (Å²) in [7, 11) is 0. The molecule has 120 valence electrons. The van der Waals surface area contributed by atoms with Gasteiger partial charge in [-0.2, -0.15) is 0 Å². The monoisotopic (exact) mass is 317 g/mol. The van der Waals surface area contributed by atoms with Crippen molar-refractivity contribution in [1.29, 1.82) is 0 Å². The van der Waals surface area contributed by atoms with Crippen molar-refractivity contribution in [3.05, 3.63) is 59.7 Å². The molecule has 1 saturated heterocycles. The zero-order chi connectivity index (χ0) is 16.4. The Kier molecular flexibility index (Phi) is 4.28. The highest BCUT2D eigenvalue weighted by Crippen LogP contribution is 2.26. The van der Waals surface area contributed by atoms with E-state index in [0.717, 1.165) is 31.6 Å². The maximum absolute atomic E-state index is 13.6. The Morgan fingerprint density at radius 2 is 1.91 bits per heavy atom. The van der Waals surface area contributed by atoms with E-state index in [-0.39, 0.29) is 11.7 Å². The van der Waals surface area contributed by atoms with Crippen LogP contribution < -0.4 is 4.74 Å². The molecule has 3 nitrogen and oxygen atoms in total. The maximum atomic E-state index is 13.6. The van der Waals surface area contributed by atoms with Crippen molar-refractivity contribution >= 4 is 5.91 Å². The number of hydrogen-bond donors (Lipinski definition) is 0. The van der Waals surface area contributed by atoms with Gasteiger partial charge in [0.05, 0.1) is 0 Å². The third kappa shape index (κ3) is 3.50. The van der Waals surface area contributed by atoms with Gasteiger partial charge in [0.2, 0.25) is 0 Å². The molecule has 1 aliphatic rings. The van der Waals surface area contributed by atoms with E-state index < -0.39 is 11.6 Å². The van der Waals surface area contributed by atoms with E-state index in [2.05, 4.69) is 6.92 Å². The van der Waals surface area contributed by atoms with Gasteiger partial charge in [-0.15, -0.1) is 0 Å². The van der Waals surface area contributed by atoms with Crippen molar-refractivity contribution in [3.63, 3.8) is 0 Å². The molecule has 2 aromatic carbocycles. The summed E-state index contributed by atoms with van der Waals surface area (Å²) in [5, 5.41) is 0. The van der Waals surface area contributed by atoms with Crippen LogP contribution in [0.4, 0.5) is 8.78 Å². The molecule has 1 atom stereocenters. The molecule has 0 aliphatic carbocycles. The minimum Gasteiger partial charge on any atom is -0.454 e. The van der Waals surface area contributed by atoms with Crippen molar-refractivity contribution in [2.75, 3.05) is 13.1 Å². The normalized spacial score (nSPS) is 17.3. The fraction of sp³-hybridized carbons (Fsp3) is 0.278. The van der Waals surface area contributed by atoms with Crippen LogP contribution in [0.5, 0.6) is 11.5 Å². The number of hydrogen-bond acceptors (Lipinski definition) is 2. The lowest BCUT2D eigenvalue weighted by atomic mass is 10.1. The molecule has 1 fully saturated rings. The molecule has 0 saturated carbocycles. The predicted molar refractivity (Wildman–Crippen MR) is 82.6 cm³/mol. The van der Waals surface area contributed by atoms with Crippen molar-refractivity contribution in [2.45, 2.75) is 13.3 Å². The Labute approximate surface area is 133 Å². The Hall–Kier alpha value is -2.43. The van der Waals surface area contributed by atoms with Gasteiger partial charge < -0.3 is 9.64 Å². The molecule has 0 radical (unpaired) electrons. The van der Waals surface area contributed by atoms with Gasteiger partial charge in [0, 0.05) is 24.7 Å². The average Bonchev–Trinajstić information content (AvgIpc) is 2.97. The number of carbonyl (C=O) groups is 1. The molecule has 23 heavy (non-hydrogen) atoms. The van der Waals surface area contributed by atoms with Crippen LogP contribution in [-0.4, -0.2) is 23.9 Å². The summed E-state index contributed by atoms with van der Waals surface area (Å²) < 4.78 is 31.8. The number of likely N-dealkylation sites (tertiary alicyclic amines) is 1. The van der Waals surface area contributed by atoms with Crippen LogP contribution in [0.15, 0.2) is 42.5 Å². The van der Waals surface area contributed by atoms with Crippen LogP contribution >= 0.6 is 0 Å². The topological polar surface area (TPSA) is 29.5 Å². The second-order valence-electron chi connectivity index (χ2n) is 5.85. The van der Waals surface area contributed by atoms with E-state index in [1.165, 1.54) is 6.07 Å². The van der Waals surface area contributed by atoms with Crippen LogP contribution in [-0.2, 0) is 0 Å². The Morgan fingerprint density at radius 3 is 2.52 bits per heavy atom. The van der Waals surface area contributed by atoms with Crippen LogP contribution in [0, 0.1) is 17.6 Å². The largest absolute Gasteiger partial charge is 0.454 e. The first-order chi connectivity index (χ1) is 11.0. The van der Waals surface area contributed by atoms with Crippen LogP contribution in [0.3, 0.4) is 0 Å². The van der Waals surface area contributed by atoms with Crippen molar-refractivity contribution in [1.82, 2.24) is 4.90 Å². The zero-order valence-electron chi connectivity index (χ0n) is 12.8. The van der Waals surface area contributed by atoms with Crippen LogP contribution in [0.1, 0.15) is 23.7 Å². The first kappa shape index (κ1) is 15.5. The summed E-state index contributed by atoms with van der Waals surface area (Å²) in [6.45, 7) is 3.68. The molecular formula is C18H17F2NO2. The molecule has 0 bridgehead atoms.